The molecule has 0 spiro atoms. The fourth-order valence-electron chi connectivity index (χ4n) is 2.80. The number of aromatic nitrogens is 4. The van der Waals surface area contributed by atoms with E-state index in [1.807, 2.05) is 0 Å². The summed E-state index contributed by atoms with van der Waals surface area (Å²) >= 11 is 1.23. The standard InChI is InChI=1S/C15H20N6O3S/c1-9-6-12(23)21-14(16-9)17-15(18-21)25-8-13(24)20-5-4-11(7-20)19(3)10(2)22/h6,11H,4-5,7-8H2,1-3H3,(H,16,17,18). The summed E-state index contributed by atoms with van der Waals surface area (Å²) in [5.41, 5.74) is 0.365. The van der Waals surface area contributed by atoms with Gasteiger partial charge in [0.25, 0.3) is 11.3 Å². The molecule has 134 valence electrons. The molecule has 10 heteroatoms. The zero-order valence-electron chi connectivity index (χ0n) is 14.4. The molecule has 0 bridgehead atoms. The maximum atomic E-state index is 12.4. The molecule has 0 aromatic carbocycles. The Balaban J connectivity index is 1.61. The van der Waals surface area contributed by atoms with Crippen LogP contribution in [-0.4, -0.2) is 73.1 Å². The van der Waals surface area contributed by atoms with Crippen LogP contribution >= 0.6 is 11.8 Å². The van der Waals surface area contributed by atoms with Gasteiger partial charge in [-0.2, -0.15) is 9.50 Å². The van der Waals surface area contributed by atoms with Crippen LogP contribution in [0.2, 0.25) is 0 Å². The normalized spacial score (nSPS) is 17.2. The lowest BCUT2D eigenvalue weighted by Gasteiger charge is -2.23. The first kappa shape index (κ1) is 17.5. The van der Waals surface area contributed by atoms with Gasteiger partial charge in [0.1, 0.15) is 0 Å². The molecule has 25 heavy (non-hydrogen) atoms. The average Bonchev–Trinajstić information content (AvgIpc) is 3.18. The number of nitrogens with one attached hydrogen (secondary N) is 1. The molecule has 3 heterocycles. The van der Waals surface area contributed by atoms with Crippen molar-refractivity contribution in [3.63, 3.8) is 0 Å². The molecule has 0 radical (unpaired) electrons. The molecule has 2 aromatic rings. The molecule has 1 unspecified atom stereocenters. The van der Waals surface area contributed by atoms with Crippen molar-refractivity contribution < 1.29 is 9.59 Å². The van der Waals surface area contributed by atoms with E-state index in [0.29, 0.717) is 29.7 Å². The van der Waals surface area contributed by atoms with E-state index in [2.05, 4.69) is 15.1 Å². The number of thioether (sulfide) groups is 1. The number of aromatic amines is 1. The largest absolute Gasteiger partial charge is 0.341 e. The monoisotopic (exact) mass is 364 g/mol. The summed E-state index contributed by atoms with van der Waals surface area (Å²) in [6.45, 7) is 4.45. The van der Waals surface area contributed by atoms with Gasteiger partial charge in [0, 0.05) is 38.8 Å². The number of H-pyrrole nitrogens is 1. The van der Waals surface area contributed by atoms with Gasteiger partial charge in [0.05, 0.1) is 11.8 Å². The Labute approximate surface area is 148 Å². The molecule has 9 nitrogen and oxygen atoms in total. The Kier molecular flexibility index (Phi) is 4.80. The molecule has 1 aliphatic heterocycles. The van der Waals surface area contributed by atoms with Crippen LogP contribution in [0.15, 0.2) is 16.0 Å². The van der Waals surface area contributed by atoms with Crippen molar-refractivity contribution in [2.24, 2.45) is 0 Å². The van der Waals surface area contributed by atoms with E-state index in [4.69, 9.17) is 0 Å². The third kappa shape index (κ3) is 3.68. The molecular weight excluding hydrogens is 344 g/mol. The number of carbonyl (C=O) groups excluding carboxylic acids is 2. The Morgan fingerprint density at radius 2 is 2.20 bits per heavy atom. The molecule has 1 N–H and O–H groups in total. The topological polar surface area (TPSA) is 104 Å². The number of fused-ring (bicyclic) bond motifs is 1. The van der Waals surface area contributed by atoms with Gasteiger partial charge >= 0.3 is 0 Å². The number of nitrogens with zero attached hydrogens (tertiary/aromatic N) is 5. The van der Waals surface area contributed by atoms with Crippen LogP contribution in [0.4, 0.5) is 0 Å². The van der Waals surface area contributed by atoms with Crippen LogP contribution in [0.3, 0.4) is 0 Å². The van der Waals surface area contributed by atoms with Gasteiger partial charge in [-0.3, -0.25) is 19.5 Å². The van der Waals surface area contributed by atoms with Crippen LogP contribution in [0.5, 0.6) is 0 Å². The summed E-state index contributed by atoms with van der Waals surface area (Å²) in [6, 6.07) is 1.49. The number of hydrogen-bond acceptors (Lipinski definition) is 6. The quantitative estimate of drug-likeness (QED) is 0.760. The van der Waals surface area contributed by atoms with Gasteiger partial charge < -0.3 is 9.80 Å². The van der Waals surface area contributed by atoms with Crippen molar-refractivity contribution in [3.8, 4) is 0 Å². The van der Waals surface area contributed by atoms with E-state index in [-0.39, 0.29) is 29.2 Å². The maximum Gasteiger partial charge on any atom is 0.274 e. The highest BCUT2D eigenvalue weighted by Crippen LogP contribution is 2.18. The predicted molar refractivity (Wildman–Crippen MR) is 92.5 cm³/mol. The second-order valence-corrected chi connectivity index (χ2v) is 7.06. The summed E-state index contributed by atoms with van der Waals surface area (Å²) in [4.78, 5) is 47.5. The van der Waals surface area contributed by atoms with Crippen LogP contribution in [-0.2, 0) is 9.59 Å². The molecule has 0 saturated carbocycles. The highest BCUT2D eigenvalue weighted by molar-refractivity contribution is 7.99. The molecule has 2 amide bonds. The van der Waals surface area contributed by atoms with Crippen molar-refractivity contribution in [2.75, 3.05) is 25.9 Å². The minimum Gasteiger partial charge on any atom is -0.341 e. The van der Waals surface area contributed by atoms with Crippen molar-refractivity contribution >= 4 is 29.4 Å². The molecule has 1 fully saturated rings. The van der Waals surface area contributed by atoms with E-state index >= 15 is 0 Å². The Morgan fingerprint density at radius 1 is 1.44 bits per heavy atom. The van der Waals surface area contributed by atoms with E-state index in [9.17, 15) is 14.4 Å². The van der Waals surface area contributed by atoms with Gasteiger partial charge in [-0.15, -0.1) is 0 Å². The Bertz CT molecular complexity index is 876. The first-order valence-corrected chi connectivity index (χ1v) is 8.94. The van der Waals surface area contributed by atoms with Crippen molar-refractivity contribution in [3.05, 3.63) is 22.1 Å². The maximum absolute atomic E-state index is 12.4. The molecule has 0 aliphatic carbocycles. The second-order valence-electron chi connectivity index (χ2n) is 6.10. The second kappa shape index (κ2) is 6.87. The molecule has 1 saturated heterocycles. The number of rotatable bonds is 4. The van der Waals surface area contributed by atoms with Gasteiger partial charge in [0.2, 0.25) is 11.8 Å². The number of amides is 2. The molecule has 2 aromatic heterocycles. The lowest BCUT2D eigenvalue weighted by molar-refractivity contribution is -0.131. The fraction of sp³-hybridized carbons (Fsp3) is 0.533. The zero-order valence-corrected chi connectivity index (χ0v) is 15.2. The fourth-order valence-corrected chi connectivity index (χ4v) is 3.55. The Hall–Kier alpha value is -2.36. The predicted octanol–water partition coefficient (Wildman–Crippen LogP) is -0.103. The van der Waals surface area contributed by atoms with Crippen molar-refractivity contribution in [1.82, 2.24) is 29.4 Å². The summed E-state index contributed by atoms with van der Waals surface area (Å²) < 4.78 is 1.26. The number of hydrogen-bond donors (Lipinski definition) is 1. The van der Waals surface area contributed by atoms with Crippen LogP contribution in [0.25, 0.3) is 5.78 Å². The van der Waals surface area contributed by atoms with Gasteiger partial charge in [0.15, 0.2) is 5.16 Å². The van der Waals surface area contributed by atoms with Crippen molar-refractivity contribution in [2.45, 2.75) is 31.5 Å². The third-order valence-corrected chi connectivity index (χ3v) is 5.18. The zero-order chi connectivity index (χ0) is 18.1. The summed E-state index contributed by atoms with van der Waals surface area (Å²) in [5, 5.41) is 3.32. The third-order valence-electron chi connectivity index (χ3n) is 4.33. The molecular formula is C15H20N6O3S. The van der Waals surface area contributed by atoms with Crippen molar-refractivity contribution in [1.29, 1.82) is 0 Å². The highest BCUT2D eigenvalue weighted by atomic mass is 32.2. The number of likely N-dealkylation sites (tertiary alicyclic amines) is 1. The average molecular weight is 364 g/mol. The number of carbonyl (C=O) groups is 2. The first-order chi connectivity index (χ1) is 11.8. The lowest BCUT2D eigenvalue weighted by Crippen LogP contribution is -2.39. The summed E-state index contributed by atoms with van der Waals surface area (Å²) in [7, 11) is 1.76. The van der Waals surface area contributed by atoms with Gasteiger partial charge in [-0.1, -0.05) is 11.8 Å². The van der Waals surface area contributed by atoms with Gasteiger partial charge in [-0.05, 0) is 13.3 Å². The van der Waals surface area contributed by atoms with Crippen LogP contribution in [0.1, 0.15) is 19.0 Å². The van der Waals surface area contributed by atoms with Crippen LogP contribution in [0, 0.1) is 6.92 Å². The summed E-state index contributed by atoms with van der Waals surface area (Å²) in [6.07, 6.45) is 0.787. The van der Waals surface area contributed by atoms with Crippen LogP contribution < -0.4 is 5.56 Å². The molecule has 1 atom stereocenters. The summed E-state index contributed by atoms with van der Waals surface area (Å²) in [5.74, 6) is 0.499. The number of aryl methyl sites for hydroxylation is 1. The van der Waals surface area contributed by atoms with E-state index in [1.165, 1.54) is 29.3 Å². The minimum absolute atomic E-state index is 0.00387. The SMILES string of the molecule is CC(=O)N(C)C1CCN(C(=O)CSc2nc3nc(C)cc(=O)n3[nH]2)C1. The van der Waals surface area contributed by atoms with E-state index in [1.54, 1.807) is 23.8 Å². The highest BCUT2D eigenvalue weighted by Gasteiger charge is 2.29. The molecule has 1 aliphatic rings. The lowest BCUT2D eigenvalue weighted by atomic mass is 10.2. The molecule has 3 rings (SSSR count). The minimum atomic E-state index is -0.233. The smallest absolute Gasteiger partial charge is 0.274 e. The van der Waals surface area contributed by atoms with E-state index in [0.717, 1.165) is 6.42 Å². The van der Waals surface area contributed by atoms with E-state index < -0.39 is 0 Å². The number of likely N-dealkylation sites (N-methyl/N-ethyl adjacent to an activating group) is 1. The first-order valence-electron chi connectivity index (χ1n) is 7.95. The van der Waals surface area contributed by atoms with Gasteiger partial charge in [-0.25, -0.2) is 4.98 Å². The Morgan fingerprint density at radius 3 is 2.92 bits per heavy atom.